The monoisotopic (exact) mass is 233 g/mol. The zero-order chi connectivity index (χ0) is 11.5. The fourth-order valence-corrected chi connectivity index (χ4v) is 1.99. The van der Waals surface area contributed by atoms with Crippen molar-refractivity contribution in [3.05, 3.63) is 41.2 Å². The van der Waals surface area contributed by atoms with Crippen molar-refractivity contribution >= 4 is 22.2 Å². The first kappa shape index (κ1) is 10.6. The fraction of sp³-hybridized carbons (Fsp3) is 0.0909. The molecule has 5 heteroatoms. The van der Waals surface area contributed by atoms with E-state index in [1.54, 1.807) is 30.1 Å². The molecule has 0 saturated heterocycles. The van der Waals surface area contributed by atoms with E-state index in [1.165, 1.54) is 23.6 Å². The summed E-state index contributed by atoms with van der Waals surface area (Å²) in [6, 6.07) is 8.46. The van der Waals surface area contributed by atoms with E-state index in [-0.39, 0.29) is 5.82 Å². The molecule has 1 aromatic heterocycles. The number of halogens is 1. The van der Waals surface area contributed by atoms with Gasteiger partial charge in [-0.3, -0.25) is 0 Å². The van der Waals surface area contributed by atoms with Gasteiger partial charge in [-0.25, -0.2) is 9.37 Å². The fourth-order valence-electron chi connectivity index (χ4n) is 1.30. The van der Waals surface area contributed by atoms with Gasteiger partial charge < -0.3 is 4.90 Å². The van der Waals surface area contributed by atoms with Crippen molar-refractivity contribution in [3.8, 4) is 6.07 Å². The molecule has 0 amide bonds. The molecule has 0 unspecified atom stereocenters. The van der Waals surface area contributed by atoms with Gasteiger partial charge in [-0.1, -0.05) is 23.5 Å². The minimum atomic E-state index is -0.307. The molecule has 1 aromatic carbocycles. The minimum Gasteiger partial charge on any atom is -0.318 e. The average molecular weight is 233 g/mol. The van der Waals surface area contributed by atoms with Gasteiger partial charge in [0, 0.05) is 7.05 Å². The Labute approximate surface area is 96.4 Å². The molecule has 0 aliphatic heterocycles. The lowest BCUT2D eigenvalue weighted by Crippen LogP contribution is -2.10. The van der Waals surface area contributed by atoms with Crippen LogP contribution in [0.5, 0.6) is 0 Å². The average Bonchev–Trinajstić information content (AvgIpc) is 2.77. The number of nitriles is 1. The van der Waals surface area contributed by atoms with E-state index < -0.39 is 0 Å². The number of nitrogens with zero attached hydrogens (tertiary/aromatic N) is 3. The second-order valence-electron chi connectivity index (χ2n) is 3.13. The molecule has 0 spiro atoms. The molecule has 0 aliphatic carbocycles. The largest absolute Gasteiger partial charge is 0.318 e. The van der Waals surface area contributed by atoms with Crippen LogP contribution in [0, 0.1) is 17.1 Å². The maximum Gasteiger partial charge on any atom is 0.190 e. The van der Waals surface area contributed by atoms with Crippen LogP contribution in [0.2, 0.25) is 0 Å². The summed E-state index contributed by atoms with van der Waals surface area (Å²) in [5.41, 5.74) is 0.446. The third-order valence-electron chi connectivity index (χ3n) is 2.10. The van der Waals surface area contributed by atoms with Crippen molar-refractivity contribution < 1.29 is 4.39 Å². The summed E-state index contributed by atoms with van der Waals surface area (Å²) in [6.45, 7) is 0. The van der Waals surface area contributed by atoms with Gasteiger partial charge in [-0.05, 0) is 12.1 Å². The topological polar surface area (TPSA) is 39.9 Å². The summed E-state index contributed by atoms with van der Waals surface area (Å²) in [4.78, 5) is 6.20. The normalized spacial score (nSPS) is 9.81. The lowest BCUT2D eigenvalue weighted by atomic mass is 10.3. The summed E-state index contributed by atoms with van der Waals surface area (Å²) >= 11 is 1.23. The molecule has 0 saturated carbocycles. The molecule has 0 atom stereocenters. The first-order valence-electron chi connectivity index (χ1n) is 4.56. The van der Waals surface area contributed by atoms with Crippen molar-refractivity contribution in [1.29, 1.82) is 5.26 Å². The molecule has 0 fully saturated rings. The van der Waals surface area contributed by atoms with Crippen molar-refractivity contribution in [2.75, 3.05) is 11.9 Å². The summed E-state index contributed by atoms with van der Waals surface area (Å²) < 4.78 is 13.5. The van der Waals surface area contributed by atoms with E-state index in [1.807, 2.05) is 6.07 Å². The van der Waals surface area contributed by atoms with Gasteiger partial charge >= 0.3 is 0 Å². The van der Waals surface area contributed by atoms with Gasteiger partial charge in [0.25, 0.3) is 0 Å². The Morgan fingerprint density at radius 1 is 1.44 bits per heavy atom. The van der Waals surface area contributed by atoms with Crippen LogP contribution in [-0.2, 0) is 0 Å². The highest BCUT2D eigenvalue weighted by Crippen LogP contribution is 2.29. The first-order valence-corrected chi connectivity index (χ1v) is 5.38. The minimum absolute atomic E-state index is 0.307. The Hall–Kier alpha value is -1.93. The number of anilines is 2. The van der Waals surface area contributed by atoms with E-state index in [2.05, 4.69) is 4.98 Å². The molecule has 0 bridgehead atoms. The quantitative estimate of drug-likeness (QED) is 0.800. The number of rotatable bonds is 2. The highest BCUT2D eigenvalue weighted by Gasteiger charge is 2.12. The second kappa shape index (κ2) is 4.29. The van der Waals surface area contributed by atoms with Crippen LogP contribution >= 0.6 is 11.3 Å². The standard InChI is InChI=1S/C11H8FN3S/c1-15(10-5-3-2-4-9(10)12)11-14-7-8(6-13)16-11/h2-5,7H,1H3. The molecule has 3 nitrogen and oxygen atoms in total. The molecule has 0 radical (unpaired) electrons. The highest BCUT2D eigenvalue weighted by molar-refractivity contribution is 7.16. The summed E-state index contributed by atoms with van der Waals surface area (Å²) in [5, 5.41) is 9.28. The molecular weight excluding hydrogens is 225 g/mol. The van der Waals surface area contributed by atoms with E-state index >= 15 is 0 Å². The van der Waals surface area contributed by atoms with Gasteiger partial charge in [0.05, 0.1) is 11.9 Å². The highest BCUT2D eigenvalue weighted by atomic mass is 32.1. The van der Waals surface area contributed by atoms with Gasteiger partial charge in [0.15, 0.2) is 5.13 Å². The van der Waals surface area contributed by atoms with Crippen LogP contribution in [0.15, 0.2) is 30.5 Å². The molecule has 0 aliphatic rings. The van der Waals surface area contributed by atoms with Crippen molar-refractivity contribution in [2.24, 2.45) is 0 Å². The number of hydrogen-bond acceptors (Lipinski definition) is 4. The second-order valence-corrected chi connectivity index (χ2v) is 4.14. The maximum atomic E-state index is 13.5. The zero-order valence-corrected chi connectivity index (χ0v) is 9.33. The molecule has 2 rings (SSSR count). The smallest absolute Gasteiger partial charge is 0.190 e. The van der Waals surface area contributed by atoms with Crippen LogP contribution in [0.25, 0.3) is 0 Å². The van der Waals surface area contributed by atoms with Gasteiger partial charge in [-0.2, -0.15) is 5.26 Å². The number of aromatic nitrogens is 1. The lowest BCUT2D eigenvalue weighted by molar-refractivity contribution is 0.627. The van der Waals surface area contributed by atoms with Crippen LogP contribution < -0.4 is 4.90 Å². The van der Waals surface area contributed by atoms with Gasteiger partial charge in [0.1, 0.15) is 16.8 Å². The number of para-hydroxylation sites is 1. The summed E-state index contributed by atoms with van der Waals surface area (Å²) in [6.07, 6.45) is 1.48. The maximum absolute atomic E-state index is 13.5. The SMILES string of the molecule is CN(c1ncc(C#N)s1)c1ccccc1F. The molecule has 1 heterocycles. The zero-order valence-electron chi connectivity index (χ0n) is 8.51. The van der Waals surface area contributed by atoms with E-state index in [9.17, 15) is 4.39 Å². The Balaban J connectivity index is 2.36. The van der Waals surface area contributed by atoms with Crippen LogP contribution in [-0.4, -0.2) is 12.0 Å². The van der Waals surface area contributed by atoms with E-state index in [0.29, 0.717) is 15.7 Å². The number of hydrogen-bond donors (Lipinski definition) is 0. The predicted molar refractivity (Wildman–Crippen MR) is 61.3 cm³/mol. The Morgan fingerprint density at radius 2 is 2.19 bits per heavy atom. The van der Waals surface area contributed by atoms with E-state index in [0.717, 1.165) is 0 Å². The van der Waals surface area contributed by atoms with Crippen LogP contribution in [0.1, 0.15) is 4.88 Å². The molecule has 2 aromatic rings. The first-order chi connectivity index (χ1) is 7.72. The Bertz CT molecular complexity index is 544. The third kappa shape index (κ3) is 1.88. The van der Waals surface area contributed by atoms with Crippen molar-refractivity contribution in [1.82, 2.24) is 4.98 Å². The van der Waals surface area contributed by atoms with Gasteiger partial charge in [0.2, 0.25) is 0 Å². The lowest BCUT2D eigenvalue weighted by Gasteiger charge is -2.15. The molecule has 0 N–H and O–H groups in total. The van der Waals surface area contributed by atoms with Crippen molar-refractivity contribution in [2.45, 2.75) is 0 Å². The molecular formula is C11H8FN3S. The molecule has 80 valence electrons. The number of benzene rings is 1. The van der Waals surface area contributed by atoms with Gasteiger partial charge in [-0.15, -0.1) is 0 Å². The predicted octanol–water partition coefficient (Wildman–Crippen LogP) is 2.92. The van der Waals surface area contributed by atoms with Crippen LogP contribution in [0.3, 0.4) is 0 Å². The number of thiazole rings is 1. The Kier molecular flexibility index (Phi) is 2.84. The molecule has 16 heavy (non-hydrogen) atoms. The Morgan fingerprint density at radius 3 is 2.81 bits per heavy atom. The third-order valence-corrected chi connectivity index (χ3v) is 3.08. The van der Waals surface area contributed by atoms with E-state index in [4.69, 9.17) is 5.26 Å². The van der Waals surface area contributed by atoms with Crippen LogP contribution in [0.4, 0.5) is 15.2 Å². The summed E-state index contributed by atoms with van der Waals surface area (Å²) in [7, 11) is 1.72. The van der Waals surface area contributed by atoms with Crippen molar-refractivity contribution in [3.63, 3.8) is 0 Å². The summed E-state index contributed by atoms with van der Waals surface area (Å²) in [5.74, 6) is -0.307.